The fraction of sp³-hybridized carbons (Fsp3) is 0.286. The summed E-state index contributed by atoms with van der Waals surface area (Å²) < 4.78 is 5.18. The molecule has 2 rings (SSSR count). The van der Waals surface area contributed by atoms with Crippen LogP contribution in [0.2, 0.25) is 0 Å². The Labute approximate surface area is 149 Å². The van der Waals surface area contributed by atoms with Crippen molar-refractivity contribution in [3.05, 3.63) is 60.2 Å². The maximum absolute atomic E-state index is 11.5. The number of benzene rings is 2. The molecule has 0 aliphatic heterocycles. The van der Waals surface area contributed by atoms with E-state index in [1.807, 2.05) is 69.3 Å². The Morgan fingerprint density at radius 3 is 2.16 bits per heavy atom. The molecule has 0 aromatic heterocycles. The number of aromatic hydroxyl groups is 1. The third-order valence-corrected chi connectivity index (χ3v) is 3.40. The van der Waals surface area contributed by atoms with Gasteiger partial charge in [0.1, 0.15) is 11.4 Å². The normalized spacial score (nSPS) is 11.5. The van der Waals surface area contributed by atoms with Gasteiger partial charge in [-0.25, -0.2) is 4.79 Å². The quantitative estimate of drug-likeness (QED) is 0.755. The van der Waals surface area contributed by atoms with Gasteiger partial charge < -0.3 is 15.2 Å². The maximum Gasteiger partial charge on any atom is 0.407 e. The van der Waals surface area contributed by atoms with Gasteiger partial charge in [-0.3, -0.25) is 0 Å². The molecule has 0 heterocycles. The molecule has 2 aromatic rings. The largest absolute Gasteiger partial charge is 0.508 e. The van der Waals surface area contributed by atoms with Crippen LogP contribution >= 0.6 is 0 Å². The second-order valence-corrected chi connectivity index (χ2v) is 6.79. The molecule has 0 spiro atoms. The van der Waals surface area contributed by atoms with Crippen LogP contribution in [-0.4, -0.2) is 23.3 Å². The first-order chi connectivity index (χ1) is 11.8. The van der Waals surface area contributed by atoms with E-state index < -0.39 is 5.60 Å². The molecule has 0 aliphatic rings. The Morgan fingerprint density at radius 2 is 1.60 bits per heavy atom. The van der Waals surface area contributed by atoms with Crippen LogP contribution in [0.5, 0.6) is 5.75 Å². The molecule has 0 radical (unpaired) electrons. The zero-order valence-corrected chi connectivity index (χ0v) is 15.0. The summed E-state index contributed by atoms with van der Waals surface area (Å²) >= 11 is 0. The molecular formula is C21H25NO3. The average molecular weight is 339 g/mol. The van der Waals surface area contributed by atoms with Crippen LogP contribution in [0.4, 0.5) is 4.79 Å². The summed E-state index contributed by atoms with van der Waals surface area (Å²) in [7, 11) is 0. The van der Waals surface area contributed by atoms with E-state index in [9.17, 15) is 9.90 Å². The van der Waals surface area contributed by atoms with E-state index in [2.05, 4.69) is 5.32 Å². The Bertz CT molecular complexity index is 710. The molecule has 0 aliphatic carbocycles. The first-order valence-electron chi connectivity index (χ1n) is 8.36. The monoisotopic (exact) mass is 339 g/mol. The molecular weight excluding hydrogens is 314 g/mol. The van der Waals surface area contributed by atoms with Gasteiger partial charge in [0.15, 0.2) is 0 Å². The molecule has 4 nitrogen and oxygen atoms in total. The first kappa shape index (κ1) is 18.6. The van der Waals surface area contributed by atoms with Gasteiger partial charge >= 0.3 is 6.09 Å². The van der Waals surface area contributed by atoms with Crippen LogP contribution in [0.1, 0.15) is 32.8 Å². The average Bonchev–Trinajstić information content (AvgIpc) is 2.54. The number of alkyl carbamates (subject to hydrolysis) is 1. The molecule has 0 bridgehead atoms. The SMILES string of the molecule is CC(C)(C)OC(=O)NCCC=Cc1ccc(-c2ccc(O)cc2)cc1. The lowest BCUT2D eigenvalue weighted by Gasteiger charge is -2.19. The van der Waals surface area contributed by atoms with Crippen LogP contribution in [-0.2, 0) is 4.74 Å². The van der Waals surface area contributed by atoms with E-state index in [1.165, 1.54) is 0 Å². The molecule has 25 heavy (non-hydrogen) atoms. The number of nitrogens with one attached hydrogen (secondary N) is 1. The van der Waals surface area contributed by atoms with E-state index in [4.69, 9.17) is 4.74 Å². The topological polar surface area (TPSA) is 58.6 Å². The number of hydrogen-bond acceptors (Lipinski definition) is 3. The van der Waals surface area contributed by atoms with Gasteiger partial charge in [-0.05, 0) is 56.0 Å². The third-order valence-electron chi connectivity index (χ3n) is 3.40. The lowest BCUT2D eigenvalue weighted by molar-refractivity contribution is 0.0529. The van der Waals surface area contributed by atoms with Crippen molar-refractivity contribution in [1.82, 2.24) is 5.32 Å². The number of carbonyl (C=O) groups is 1. The number of rotatable bonds is 5. The minimum absolute atomic E-state index is 0.267. The summed E-state index contributed by atoms with van der Waals surface area (Å²) in [5.41, 5.74) is 2.79. The van der Waals surface area contributed by atoms with Crippen molar-refractivity contribution in [3.8, 4) is 16.9 Å². The highest BCUT2D eigenvalue weighted by molar-refractivity contribution is 5.68. The zero-order valence-electron chi connectivity index (χ0n) is 15.0. The number of ether oxygens (including phenoxy) is 1. The predicted octanol–water partition coefficient (Wildman–Crippen LogP) is 4.99. The zero-order chi connectivity index (χ0) is 18.3. The Balaban J connectivity index is 1.80. The fourth-order valence-electron chi connectivity index (χ4n) is 2.23. The highest BCUT2D eigenvalue weighted by atomic mass is 16.6. The molecule has 0 atom stereocenters. The molecule has 0 saturated heterocycles. The standard InChI is InChI=1S/C21H25NO3/c1-21(2,3)25-20(24)22-15-5-4-6-16-7-9-17(10-8-16)18-11-13-19(23)14-12-18/h4,6-14,23H,5,15H2,1-3H3,(H,22,24). The highest BCUT2D eigenvalue weighted by Gasteiger charge is 2.15. The summed E-state index contributed by atoms with van der Waals surface area (Å²) in [4.78, 5) is 11.5. The number of hydrogen-bond donors (Lipinski definition) is 2. The van der Waals surface area contributed by atoms with Crippen LogP contribution < -0.4 is 5.32 Å². The second-order valence-electron chi connectivity index (χ2n) is 6.79. The van der Waals surface area contributed by atoms with Crippen molar-refractivity contribution in [2.75, 3.05) is 6.54 Å². The van der Waals surface area contributed by atoms with E-state index in [-0.39, 0.29) is 11.8 Å². The number of phenolic OH excluding ortho intramolecular Hbond substituents is 1. The molecule has 1 amide bonds. The van der Waals surface area contributed by atoms with Crippen molar-refractivity contribution >= 4 is 12.2 Å². The van der Waals surface area contributed by atoms with Gasteiger partial charge in [0.05, 0.1) is 0 Å². The van der Waals surface area contributed by atoms with Crippen molar-refractivity contribution < 1.29 is 14.6 Å². The van der Waals surface area contributed by atoms with E-state index >= 15 is 0 Å². The number of phenols is 1. The van der Waals surface area contributed by atoms with Crippen molar-refractivity contribution in [1.29, 1.82) is 0 Å². The summed E-state index contributed by atoms with van der Waals surface area (Å²) in [6.45, 7) is 6.06. The van der Waals surface area contributed by atoms with Gasteiger partial charge in [0.25, 0.3) is 0 Å². The summed E-state index contributed by atoms with van der Waals surface area (Å²) in [6.07, 6.45) is 4.39. The molecule has 0 fully saturated rings. The van der Waals surface area contributed by atoms with Crippen LogP contribution in [0.15, 0.2) is 54.6 Å². The maximum atomic E-state index is 11.5. The van der Waals surface area contributed by atoms with Crippen molar-refractivity contribution in [3.63, 3.8) is 0 Å². The minimum Gasteiger partial charge on any atom is -0.508 e. The van der Waals surface area contributed by atoms with E-state index in [0.717, 1.165) is 23.1 Å². The predicted molar refractivity (Wildman–Crippen MR) is 101 cm³/mol. The van der Waals surface area contributed by atoms with Gasteiger partial charge in [0, 0.05) is 6.54 Å². The van der Waals surface area contributed by atoms with Gasteiger partial charge in [-0.2, -0.15) is 0 Å². The van der Waals surface area contributed by atoms with Gasteiger partial charge in [-0.1, -0.05) is 48.6 Å². The first-order valence-corrected chi connectivity index (χ1v) is 8.36. The lowest BCUT2D eigenvalue weighted by atomic mass is 10.0. The van der Waals surface area contributed by atoms with Crippen molar-refractivity contribution in [2.24, 2.45) is 0 Å². The van der Waals surface area contributed by atoms with E-state index in [1.54, 1.807) is 12.1 Å². The molecule has 4 heteroatoms. The summed E-state index contributed by atoms with van der Waals surface area (Å²) in [5, 5.41) is 12.1. The molecule has 0 unspecified atom stereocenters. The van der Waals surface area contributed by atoms with E-state index in [0.29, 0.717) is 6.54 Å². The highest BCUT2D eigenvalue weighted by Crippen LogP contribution is 2.22. The number of amides is 1. The third kappa shape index (κ3) is 6.71. The molecule has 132 valence electrons. The lowest BCUT2D eigenvalue weighted by Crippen LogP contribution is -2.32. The summed E-state index contributed by atoms with van der Waals surface area (Å²) in [5.74, 6) is 0.267. The van der Waals surface area contributed by atoms with Crippen LogP contribution in [0.3, 0.4) is 0 Å². The fourth-order valence-corrected chi connectivity index (χ4v) is 2.23. The smallest absolute Gasteiger partial charge is 0.407 e. The van der Waals surface area contributed by atoms with Crippen molar-refractivity contribution in [2.45, 2.75) is 32.8 Å². The number of carbonyl (C=O) groups excluding carboxylic acids is 1. The molecule has 2 N–H and O–H groups in total. The minimum atomic E-state index is -0.473. The Kier molecular flexibility index (Phi) is 6.23. The van der Waals surface area contributed by atoms with Gasteiger partial charge in [-0.15, -0.1) is 0 Å². The van der Waals surface area contributed by atoms with Gasteiger partial charge in [0.2, 0.25) is 0 Å². The Hall–Kier alpha value is -2.75. The second kappa shape index (κ2) is 8.38. The summed E-state index contributed by atoms with van der Waals surface area (Å²) in [6, 6.07) is 15.3. The molecule has 2 aromatic carbocycles. The Morgan fingerprint density at radius 1 is 1.04 bits per heavy atom. The van der Waals surface area contributed by atoms with Crippen LogP contribution in [0.25, 0.3) is 17.2 Å². The molecule has 0 saturated carbocycles. The van der Waals surface area contributed by atoms with Crippen LogP contribution in [0, 0.1) is 0 Å².